The lowest BCUT2D eigenvalue weighted by Gasteiger charge is -2.13. The van der Waals surface area contributed by atoms with Gasteiger partial charge in [0, 0.05) is 6.42 Å². The predicted molar refractivity (Wildman–Crippen MR) is 72.1 cm³/mol. The highest BCUT2D eigenvalue weighted by molar-refractivity contribution is 5.66. The summed E-state index contributed by atoms with van der Waals surface area (Å²) in [6, 6.07) is 6.08. The van der Waals surface area contributed by atoms with Crippen molar-refractivity contribution in [3.63, 3.8) is 0 Å². The average Bonchev–Trinajstić information content (AvgIpc) is 2.27. The van der Waals surface area contributed by atoms with Gasteiger partial charge >= 0.3 is 5.97 Å². The summed E-state index contributed by atoms with van der Waals surface area (Å²) in [6.45, 7) is 6.94. The van der Waals surface area contributed by atoms with Gasteiger partial charge in [-0.1, -0.05) is 31.5 Å². The number of hydrogen-bond donors (Lipinski definition) is 1. The van der Waals surface area contributed by atoms with E-state index in [2.05, 4.69) is 19.9 Å². The summed E-state index contributed by atoms with van der Waals surface area (Å²) in [5.41, 5.74) is 2.29. The first-order chi connectivity index (χ1) is 8.49. The first kappa shape index (κ1) is 14.6. The smallest absolute Gasteiger partial charge is 0.303 e. The van der Waals surface area contributed by atoms with Gasteiger partial charge in [-0.15, -0.1) is 0 Å². The Kier molecular flexibility index (Phi) is 5.69. The number of carboxylic acids is 1. The molecule has 1 rings (SSSR count). The van der Waals surface area contributed by atoms with E-state index in [9.17, 15) is 4.79 Å². The average molecular weight is 250 g/mol. The standard InChI is InChI=1S/C15H22O3/c1-11(2)10-18-14-8-7-12(3)9-13(14)5-4-6-15(16)17/h7-9,11H,4-6,10H2,1-3H3,(H,16,17). The molecule has 0 saturated carbocycles. The zero-order valence-corrected chi connectivity index (χ0v) is 11.4. The maximum absolute atomic E-state index is 10.5. The minimum atomic E-state index is -0.743. The number of ether oxygens (including phenoxy) is 1. The van der Waals surface area contributed by atoms with E-state index in [0.29, 0.717) is 18.9 Å². The van der Waals surface area contributed by atoms with Crippen molar-refractivity contribution < 1.29 is 14.6 Å². The summed E-state index contributed by atoms with van der Waals surface area (Å²) >= 11 is 0. The second-order valence-electron chi connectivity index (χ2n) is 5.06. The van der Waals surface area contributed by atoms with Crippen LogP contribution in [0.3, 0.4) is 0 Å². The third kappa shape index (κ3) is 5.21. The number of benzene rings is 1. The van der Waals surface area contributed by atoms with E-state index in [-0.39, 0.29) is 6.42 Å². The maximum atomic E-state index is 10.5. The van der Waals surface area contributed by atoms with Crippen LogP contribution in [-0.2, 0) is 11.2 Å². The van der Waals surface area contributed by atoms with Crippen LogP contribution in [-0.4, -0.2) is 17.7 Å². The molecule has 0 saturated heterocycles. The Morgan fingerprint density at radius 1 is 1.39 bits per heavy atom. The summed E-state index contributed by atoms with van der Waals surface area (Å²) < 4.78 is 5.76. The van der Waals surface area contributed by atoms with Gasteiger partial charge in [0.2, 0.25) is 0 Å². The van der Waals surface area contributed by atoms with E-state index in [1.807, 2.05) is 19.1 Å². The van der Waals surface area contributed by atoms with Crippen LogP contribution in [0.15, 0.2) is 18.2 Å². The molecule has 0 amide bonds. The summed E-state index contributed by atoms with van der Waals surface area (Å²) in [5.74, 6) is 0.630. The van der Waals surface area contributed by atoms with E-state index >= 15 is 0 Å². The van der Waals surface area contributed by atoms with Crippen LogP contribution in [0.25, 0.3) is 0 Å². The zero-order valence-electron chi connectivity index (χ0n) is 11.4. The van der Waals surface area contributed by atoms with Crippen molar-refractivity contribution >= 4 is 5.97 Å². The van der Waals surface area contributed by atoms with Crippen LogP contribution in [0.1, 0.15) is 37.8 Å². The number of aliphatic carboxylic acids is 1. The van der Waals surface area contributed by atoms with Gasteiger partial charge in [-0.2, -0.15) is 0 Å². The summed E-state index contributed by atoms with van der Waals surface area (Å²) in [6.07, 6.45) is 1.61. The van der Waals surface area contributed by atoms with Gasteiger partial charge in [0.05, 0.1) is 6.61 Å². The molecule has 1 N–H and O–H groups in total. The van der Waals surface area contributed by atoms with Crippen molar-refractivity contribution in [2.75, 3.05) is 6.61 Å². The molecule has 0 aliphatic carbocycles. The topological polar surface area (TPSA) is 46.5 Å². The molecule has 100 valence electrons. The Morgan fingerprint density at radius 2 is 2.11 bits per heavy atom. The minimum Gasteiger partial charge on any atom is -0.493 e. The number of rotatable bonds is 7. The van der Waals surface area contributed by atoms with Gasteiger partial charge in [-0.05, 0) is 37.3 Å². The molecule has 1 aromatic carbocycles. The van der Waals surface area contributed by atoms with Gasteiger partial charge in [-0.3, -0.25) is 4.79 Å². The molecule has 1 aromatic rings. The molecular formula is C15H22O3. The molecule has 0 heterocycles. The molecule has 0 atom stereocenters. The fraction of sp³-hybridized carbons (Fsp3) is 0.533. The second kappa shape index (κ2) is 7.04. The maximum Gasteiger partial charge on any atom is 0.303 e. The lowest BCUT2D eigenvalue weighted by atomic mass is 10.0. The molecule has 0 spiro atoms. The van der Waals surface area contributed by atoms with Crippen molar-refractivity contribution in [3.8, 4) is 5.75 Å². The molecule has 0 fully saturated rings. The molecule has 3 heteroatoms. The Balaban J connectivity index is 2.67. The van der Waals surface area contributed by atoms with Gasteiger partial charge < -0.3 is 9.84 Å². The lowest BCUT2D eigenvalue weighted by molar-refractivity contribution is -0.137. The molecule has 0 aromatic heterocycles. The highest BCUT2D eigenvalue weighted by Crippen LogP contribution is 2.22. The Bertz CT molecular complexity index is 397. The predicted octanol–water partition coefficient (Wildman–Crippen LogP) is 3.44. The van der Waals surface area contributed by atoms with Gasteiger partial charge in [0.1, 0.15) is 5.75 Å². The van der Waals surface area contributed by atoms with Crippen LogP contribution in [0.2, 0.25) is 0 Å². The van der Waals surface area contributed by atoms with Crippen molar-refractivity contribution in [2.45, 2.75) is 40.0 Å². The molecule has 0 aliphatic heterocycles. The van der Waals surface area contributed by atoms with E-state index in [1.165, 1.54) is 5.56 Å². The van der Waals surface area contributed by atoms with Crippen LogP contribution in [0, 0.1) is 12.8 Å². The summed E-state index contributed by atoms with van der Waals surface area (Å²) in [5, 5.41) is 8.66. The number of hydrogen-bond acceptors (Lipinski definition) is 2. The van der Waals surface area contributed by atoms with Crippen molar-refractivity contribution in [2.24, 2.45) is 5.92 Å². The highest BCUT2D eigenvalue weighted by atomic mass is 16.5. The van der Waals surface area contributed by atoms with Crippen LogP contribution in [0.4, 0.5) is 0 Å². The van der Waals surface area contributed by atoms with Gasteiger partial charge in [0.15, 0.2) is 0 Å². The fourth-order valence-electron chi connectivity index (χ4n) is 1.73. The van der Waals surface area contributed by atoms with Crippen molar-refractivity contribution in [1.29, 1.82) is 0 Å². The molecule has 18 heavy (non-hydrogen) atoms. The minimum absolute atomic E-state index is 0.206. The van der Waals surface area contributed by atoms with E-state index in [4.69, 9.17) is 9.84 Å². The highest BCUT2D eigenvalue weighted by Gasteiger charge is 2.06. The summed E-state index contributed by atoms with van der Waals surface area (Å²) in [7, 11) is 0. The van der Waals surface area contributed by atoms with Crippen LogP contribution in [0.5, 0.6) is 5.75 Å². The number of carbonyl (C=O) groups is 1. The van der Waals surface area contributed by atoms with Crippen molar-refractivity contribution in [3.05, 3.63) is 29.3 Å². The first-order valence-electron chi connectivity index (χ1n) is 6.43. The molecule has 0 bridgehead atoms. The third-order valence-corrected chi connectivity index (χ3v) is 2.62. The molecule has 0 radical (unpaired) electrons. The molecule has 0 aliphatic rings. The lowest BCUT2D eigenvalue weighted by Crippen LogP contribution is -2.06. The number of carboxylic acid groups (broad SMARTS) is 1. The van der Waals surface area contributed by atoms with Crippen LogP contribution >= 0.6 is 0 Å². The van der Waals surface area contributed by atoms with Gasteiger partial charge in [-0.25, -0.2) is 0 Å². The first-order valence-corrected chi connectivity index (χ1v) is 6.43. The van der Waals surface area contributed by atoms with E-state index in [0.717, 1.165) is 17.7 Å². The molecule has 0 unspecified atom stereocenters. The van der Waals surface area contributed by atoms with E-state index < -0.39 is 5.97 Å². The Hall–Kier alpha value is -1.51. The SMILES string of the molecule is Cc1ccc(OCC(C)C)c(CCCC(=O)O)c1. The third-order valence-electron chi connectivity index (χ3n) is 2.62. The quantitative estimate of drug-likeness (QED) is 0.806. The largest absolute Gasteiger partial charge is 0.493 e. The fourth-order valence-corrected chi connectivity index (χ4v) is 1.73. The monoisotopic (exact) mass is 250 g/mol. The zero-order chi connectivity index (χ0) is 13.5. The van der Waals surface area contributed by atoms with Crippen molar-refractivity contribution in [1.82, 2.24) is 0 Å². The van der Waals surface area contributed by atoms with E-state index in [1.54, 1.807) is 0 Å². The summed E-state index contributed by atoms with van der Waals surface area (Å²) in [4.78, 5) is 10.5. The molecule has 3 nitrogen and oxygen atoms in total. The Morgan fingerprint density at radius 3 is 2.72 bits per heavy atom. The number of aryl methyl sites for hydroxylation is 2. The Labute approximate surface area is 109 Å². The van der Waals surface area contributed by atoms with Gasteiger partial charge in [0.25, 0.3) is 0 Å². The normalized spacial score (nSPS) is 10.7. The molecular weight excluding hydrogens is 228 g/mol. The second-order valence-corrected chi connectivity index (χ2v) is 5.06. The van der Waals surface area contributed by atoms with Crippen LogP contribution < -0.4 is 4.74 Å².